The second-order valence-corrected chi connectivity index (χ2v) is 5.76. The lowest BCUT2D eigenvalue weighted by atomic mass is 10.1. The van der Waals surface area contributed by atoms with Crippen LogP contribution in [0.5, 0.6) is 0 Å². The van der Waals surface area contributed by atoms with Crippen molar-refractivity contribution < 1.29 is 0 Å². The maximum Gasteiger partial charge on any atom is 0.181 e. The van der Waals surface area contributed by atoms with Gasteiger partial charge in [-0.15, -0.1) is 10.2 Å². The first-order valence-corrected chi connectivity index (χ1v) is 6.90. The van der Waals surface area contributed by atoms with Gasteiger partial charge in [-0.05, 0) is 24.8 Å². The molecule has 2 N–H and O–H groups in total. The summed E-state index contributed by atoms with van der Waals surface area (Å²) in [6.07, 6.45) is 3.58. The number of benzene rings is 1. The molecule has 2 fully saturated rings. The fourth-order valence-electron chi connectivity index (χ4n) is 2.83. The largest absolute Gasteiger partial charge is 0.312 e. The quantitative estimate of drug-likeness (QED) is 0.847. The van der Waals surface area contributed by atoms with E-state index in [1.807, 2.05) is 0 Å². The van der Waals surface area contributed by atoms with Gasteiger partial charge in [-0.3, -0.25) is 0 Å². The monoisotopic (exact) mass is 255 g/mol. The van der Waals surface area contributed by atoms with Gasteiger partial charge in [0.05, 0.1) is 0 Å². The van der Waals surface area contributed by atoms with Crippen LogP contribution in [0.3, 0.4) is 0 Å². The fourth-order valence-corrected chi connectivity index (χ4v) is 2.83. The van der Waals surface area contributed by atoms with Crippen LogP contribution in [0.4, 0.5) is 0 Å². The maximum absolute atomic E-state index is 4.14. The molecule has 0 radical (unpaired) electrons. The number of hydrogen-bond acceptors (Lipinski definition) is 4. The molecule has 0 amide bonds. The number of hydrogen-bond donors (Lipinski definition) is 2. The van der Waals surface area contributed by atoms with E-state index < -0.39 is 0 Å². The van der Waals surface area contributed by atoms with Gasteiger partial charge in [0, 0.05) is 23.9 Å². The highest BCUT2D eigenvalue weighted by atomic mass is 15.5. The Kier molecular flexibility index (Phi) is 2.41. The predicted octanol–water partition coefficient (Wildman–Crippen LogP) is 1.38. The third-order valence-corrected chi connectivity index (χ3v) is 4.39. The van der Waals surface area contributed by atoms with E-state index in [4.69, 9.17) is 0 Å². The molecule has 2 aromatic rings. The zero-order valence-corrected chi connectivity index (χ0v) is 10.7. The van der Waals surface area contributed by atoms with Crippen molar-refractivity contribution >= 4 is 0 Å². The molecule has 0 spiro atoms. The highest BCUT2D eigenvalue weighted by Crippen LogP contribution is 2.47. The molecule has 2 aliphatic carbocycles. The number of rotatable bonds is 5. The smallest absolute Gasteiger partial charge is 0.181 e. The van der Waals surface area contributed by atoms with Gasteiger partial charge < -0.3 is 5.32 Å². The highest BCUT2D eigenvalue weighted by molar-refractivity contribution is 5.28. The molecular weight excluding hydrogens is 238 g/mol. The summed E-state index contributed by atoms with van der Waals surface area (Å²) in [4.78, 5) is 0. The molecule has 0 saturated heterocycles. The minimum Gasteiger partial charge on any atom is -0.312 e. The average Bonchev–Trinajstić information content (AvgIpc) is 3.36. The minimum atomic E-state index is 0.150. The first-order valence-electron chi connectivity index (χ1n) is 6.90. The topological polar surface area (TPSA) is 66.5 Å². The van der Waals surface area contributed by atoms with Gasteiger partial charge in [0.15, 0.2) is 5.82 Å². The molecule has 2 aliphatic rings. The van der Waals surface area contributed by atoms with Gasteiger partial charge in [0.1, 0.15) is 0 Å². The van der Waals surface area contributed by atoms with Crippen LogP contribution in [0, 0.1) is 0 Å². The van der Waals surface area contributed by atoms with E-state index in [2.05, 4.69) is 56.3 Å². The van der Waals surface area contributed by atoms with Crippen LogP contribution in [0.2, 0.25) is 0 Å². The third-order valence-electron chi connectivity index (χ3n) is 4.39. The summed E-state index contributed by atoms with van der Waals surface area (Å²) in [6, 6.07) is 11.4. The van der Waals surface area contributed by atoms with Gasteiger partial charge in [-0.2, -0.15) is 5.21 Å². The molecule has 2 atom stereocenters. The van der Waals surface area contributed by atoms with Gasteiger partial charge in [0.25, 0.3) is 0 Å². The summed E-state index contributed by atoms with van der Waals surface area (Å²) < 4.78 is 0. The second kappa shape index (κ2) is 4.13. The molecule has 5 heteroatoms. The zero-order valence-electron chi connectivity index (χ0n) is 10.7. The summed E-state index contributed by atoms with van der Waals surface area (Å²) in [5, 5.41) is 18.2. The molecule has 0 bridgehead atoms. The highest BCUT2D eigenvalue weighted by Gasteiger charge is 2.49. The number of aromatic nitrogens is 4. The van der Waals surface area contributed by atoms with Crippen molar-refractivity contribution in [1.29, 1.82) is 0 Å². The van der Waals surface area contributed by atoms with Gasteiger partial charge >= 0.3 is 0 Å². The molecule has 4 rings (SSSR count). The second-order valence-electron chi connectivity index (χ2n) is 5.76. The summed E-state index contributed by atoms with van der Waals surface area (Å²) in [5.74, 6) is 1.55. The Morgan fingerprint density at radius 1 is 1.26 bits per heavy atom. The Balaban J connectivity index is 1.36. The SMILES string of the molecule is c1ccc([C@H]2CC2NCC2(c3nn[nH]n3)CC2)cc1. The minimum absolute atomic E-state index is 0.150. The fraction of sp³-hybridized carbons (Fsp3) is 0.500. The van der Waals surface area contributed by atoms with E-state index in [0.717, 1.165) is 12.4 Å². The van der Waals surface area contributed by atoms with Crippen molar-refractivity contribution in [2.75, 3.05) is 6.54 Å². The molecule has 19 heavy (non-hydrogen) atoms. The van der Waals surface area contributed by atoms with E-state index in [1.165, 1.54) is 24.8 Å². The Hall–Kier alpha value is -1.75. The molecule has 1 unspecified atom stereocenters. The summed E-state index contributed by atoms with van der Waals surface area (Å²) in [7, 11) is 0. The lowest BCUT2D eigenvalue weighted by Gasteiger charge is -2.11. The molecular formula is C14H17N5. The molecule has 0 aliphatic heterocycles. The van der Waals surface area contributed by atoms with Crippen molar-refractivity contribution in [3.8, 4) is 0 Å². The van der Waals surface area contributed by atoms with Crippen LogP contribution >= 0.6 is 0 Å². The first kappa shape index (κ1) is 11.1. The Morgan fingerprint density at radius 3 is 2.79 bits per heavy atom. The molecule has 1 heterocycles. The Labute approximate surface area is 111 Å². The van der Waals surface area contributed by atoms with E-state index in [-0.39, 0.29) is 5.41 Å². The number of H-pyrrole nitrogens is 1. The van der Waals surface area contributed by atoms with E-state index >= 15 is 0 Å². The lowest BCUT2D eigenvalue weighted by molar-refractivity contribution is 0.542. The van der Waals surface area contributed by atoms with Crippen LogP contribution in [0.25, 0.3) is 0 Å². The predicted molar refractivity (Wildman–Crippen MR) is 70.7 cm³/mol. The first-order chi connectivity index (χ1) is 9.37. The zero-order chi connectivity index (χ0) is 12.7. The van der Waals surface area contributed by atoms with E-state index in [9.17, 15) is 0 Å². The van der Waals surface area contributed by atoms with Gasteiger partial charge in [0.2, 0.25) is 0 Å². The summed E-state index contributed by atoms with van der Waals surface area (Å²) >= 11 is 0. The van der Waals surface area contributed by atoms with Crippen molar-refractivity contribution in [2.24, 2.45) is 0 Å². The maximum atomic E-state index is 4.14. The van der Waals surface area contributed by atoms with Crippen molar-refractivity contribution in [3.05, 3.63) is 41.7 Å². The van der Waals surface area contributed by atoms with E-state index in [0.29, 0.717) is 12.0 Å². The van der Waals surface area contributed by atoms with Crippen LogP contribution in [-0.4, -0.2) is 33.2 Å². The summed E-state index contributed by atoms with van der Waals surface area (Å²) in [5.41, 5.74) is 1.60. The molecule has 5 nitrogen and oxygen atoms in total. The molecule has 1 aromatic heterocycles. The van der Waals surface area contributed by atoms with Crippen molar-refractivity contribution in [1.82, 2.24) is 25.9 Å². The van der Waals surface area contributed by atoms with Crippen LogP contribution < -0.4 is 5.32 Å². The lowest BCUT2D eigenvalue weighted by Crippen LogP contribution is -2.30. The van der Waals surface area contributed by atoms with Crippen molar-refractivity contribution in [3.63, 3.8) is 0 Å². The number of aromatic amines is 1. The standard InChI is InChI=1S/C14H17N5/c1-2-4-10(5-3-1)11-8-12(11)15-9-14(6-7-14)13-16-18-19-17-13/h1-5,11-12,15H,6-9H2,(H,16,17,18,19)/t11-,12?/m1/s1. The van der Waals surface area contributed by atoms with Gasteiger partial charge in [-0.1, -0.05) is 35.5 Å². The number of nitrogens with one attached hydrogen (secondary N) is 2. The number of tetrazole rings is 1. The van der Waals surface area contributed by atoms with Crippen LogP contribution in [0.15, 0.2) is 30.3 Å². The van der Waals surface area contributed by atoms with Crippen LogP contribution in [0.1, 0.15) is 36.6 Å². The van der Waals surface area contributed by atoms with Crippen LogP contribution in [-0.2, 0) is 5.41 Å². The average molecular weight is 255 g/mol. The molecule has 2 saturated carbocycles. The van der Waals surface area contributed by atoms with Crippen molar-refractivity contribution in [2.45, 2.75) is 36.6 Å². The summed E-state index contributed by atoms with van der Waals surface area (Å²) in [6.45, 7) is 0.973. The third kappa shape index (κ3) is 2.04. The Bertz CT molecular complexity index is 546. The molecule has 98 valence electrons. The normalized spacial score (nSPS) is 27.2. The van der Waals surface area contributed by atoms with E-state index in [1.54, 1.807) is 0 Å². The molecule has 1 aromatic carbocycles. The Morgan fingerprint density at radius 2 is 2.11 bits per heavy atom. The number of nitrogens with zero attached hydrogens (tertiary/aromatic N) is 3. The van der Waals surface area contributed by atoms with Gasteiger partial charge in [-0.25, -0.2) is 0 Å².